The number of sulfonamides is 1. The van der Waals surface area contributed by atoms with Gasteiger partial charge in [0.2, 0.25) is 15.9 Å². The quantitative estimate of drug-likeness (QED) is 0.594. The second-order valence-electron chi connectivity index (χ2n) is 6.91. The van der Waals surface area contributed by atoms with Crippen molar-refractivity contribution in [3.05, 3.63) is 18.2 Å². The van der Waals surface area contributed by atoms with Crippen LogP contribution in [0.5, 0.6) is 11.5 Å². The number of nitrogens with one attached hydrogen (secondary N) is 2. The van der Waals surface area contributed by atoms with Gasteiger partial charge >= 0.3 is 0 Å². The molecular formula is C18H28ClN3O5S. The van der Waals surface area contributed by atoms with Crippen LogP contribution in [0, 0.1) is 5.92 Å². The Balaban J connectivity index is 0.00000280. The van der Waals surface area contributed by atoms with Crippen LogP contribution in [-0.4, -0.2) is 46.7 Å². The summed E-state index contributed by atoms with van der Waals surface area (Å²) >= 11 is 0. The summed E-state index contributed by atoms with van der Waals surface area (Å²) in [5.74, 6) is 1.10. The molecule has 0 radical (unpaired) electrons. The molecule has 1 aromatic carbocycles. The highest BCUT2D eigenvalue weighted by Crippen LogP contribution is 2.31. The zero-order valence-electron chi connectivity index (χ0n) is 15.7. The van der Waals surface area contributed by atoms with Gasteiger partial charge in [-0.2, -0.15) is 0 Å². The van der Waals surface area contributed by atoms with E-state index >= 15 is 0 Å². The summed E-state index contributed by atoms with van der Waals surface area (Å²) in [5.41, 5.74) is 5.72. The molecule has 10 heteroatoms. The van der Waals surface area contributed by atoms with E-state index in [4.69, 9.17) is 15.2 Å². The average molecular weight is 434 g/mol. The van der Waals surface area contributed by atoms with Gasteiger partial charge in [0.1, 0.15) is 0 Å². The van der Waals surface area contributed by atoms with Gasteiger partial charge in [-0.05, 0) is 37.4 Å². The number of halogens is 1. The lowest BCUT2D eigenvalue weighted by molar-refractivity contribution is -0.121. The van der Waals surface area contributed by atoms with Crippen LogP contribution in [0.25, 0.3) is 0 Å². The van der Waals surface area contributed by atoms with Gasteiger partial charge in [-0.15, -0.1) is 12.4 Å². The Morgan fingerprint density at radius 1 is 1.14 bits per heavy atom. The highest BCUT2D eigenvalue weighted by atomic mass is 35.5. The molecular weight excluding hydrogens is 406 g/mol. The molecule has 3 rings (SSSR count). The Morgan fingerprint density at radius 3 is 2.64 bits per heavy atom. The van der Waals surface area contributed by atoms with Crippen molar-refractivity contribution in [2.45, 2.75) is 43.0 Å². The highest BCUT2D eigenvalue weighted by Gasteiger charge is 2.27. The number of rotatable bonds is 7. The van der Waals surface area contributed by atoms with E-state index in [9.17, 15) is 13.2 Å². The van der Waals surface area contributed by atoms with Crippen LogP contribution >= 0.6 is 12.4 Å². The molecule has 8 nitrogen and oxygen atoms in total. The van der Waals surface area contributed by atoms with Gasteiger partial charge in [-0.1, -0.05) is 6.42 Å². The number of amides is 1. The first-order valence-corrected chi connectivity index (χ1v) is 10.9. The molecule has 28 heavy (non-hydrogen) atoms. The van der Waals surface area contributed by atoms with E-state index in [0.717, 1.165) is 25.7 Å². The average Bonchev–Trinajstić information content (AvgIpc) is 2.95. The smallest absolute Gasteiger partial charge is 0.240 e. The molecule has 1 saturated carbocycles. The Kier molecular flexibility index (Phi) is 8.36. The first-order chi connectivity index (χ1) is 13.0. The number of hydrogen-bond donors (Lipinski definition) is 3. The Hall–Kier alpha value is -1.55. The molecule has 0 bridgehead atoms. The van der Waals surface area contributed by atoms with Crippen LogP contribution in [0.3, 0.4) is 0 Å². The minimum Gasteiger partial charge on any atom is -0.490 e. The number of fused-ring (bicyclic) bond motifs is 1. The van der Waals surface area contributed by atoms with Crippen molar-refractivity contribution in [1.82, 2.24) is 10.0 Å². The number of hydrogen-bond acceptors (Lipinski definition) is 6. The summed E-state index contributed by atoms with van der Waals surface area (Å²) in [5, 5.41) is 2.96. The molecule has 2 aliphatic rings. The van der Waals surface area contributed by atoms with E-state index < -0.39 is 10.0 Å². The molecule has 1 aliphatic carbocycles. The van der Waals surface area contributed by atoms with E-state index in [2.05, 4.69) is 10.0 Å². The van der Waals surface area contributed by atoms with Gasteiger partial charge in [-0.3, -0.25) is 4.79 Å². The minimum absolute atomic E-state index is 0. The van der Waals surface area contributed by atoms with Crippen LogP contribution in [-0.2, 0) is 14.8 Å². The summed E-state index contributed by atoms with van der Waals surface area (Å²) in [4.78, 5) is 12.2. The van der Waals surface area contributed by atoms with Gasteiger partial charge in [0.25, 0.3) is 0 Å². The minimum atomic E-state index is -3.73. The van der Waals surface area contributed by atoms with Gasteiger partial charge in [0, 0.05) is 31.5 Å². The van der Waals surface area contributed by atoms with Crippen molar-refractivity contribution in [2.75, 3.05) is 26.3 Å². The van der Waals surface area contributed by atoms with E-state index in [-0.39, 0.29) is 42.2 Å². The fourth-order valence-electron chi connectivity index (χ4n) is 3.48. The summed E-state index contributed by atoms with van der Waals surface area (Å²) in [7, 11) is -3.73. The SMILES string of the molecule is Cl.NCC1CCCC1NC(=O)CCNS(=O)(=O)c1ccc2c(c1)OCCCO2. The lowest BCUT2D eigenvalue weighted by Crippen LogP contribution is -2.41. The topological polar surface area (TPSA) is 120 Å². The van der Waals surface area contributed by atoms with E-state index in [1.54, 1.807) is 6.07 Å². The number of carbonyl (C=O) groups excluding carboxylic acids is 1. The molecule has 1 aromatic rings. The second kappa shape index (κ2) is 10.3. The lowest BCUT2D eigenvalue weighted by Gasteiger charge is -2.19. The summed E-state index contributed by atoms with van der Waals surface area (Å²) < 4.78 is 38.5. The number of carbonyl (C=O) groups is 1. The van der Waals surface area contributed by atoms with Crippen LogP contribution < -0.4 is 25.2 Å². The van der Waals surface area contributed by atoms with E-state index in [0.29, 0.717) is 37.2 Å². The third-order valence-corrected chi connectivity index (χ3v) is 6.44. The maximum atomic E-state index is 12.5. The van der Waals surface area contributed by atoms with Crippen molar-refractivity contribution in [2.24, 2.45) is 11.7 Å². The number of ether oxygens (including phenoxy) is 2. The zero-order valence-corrected chi connectivity index (χ0v) is 17.3. The normalized spacial score (nSPS) is 21.5. The van der Waals surface area contributed by atoms with Crippen LogP contribution in [0.2, 0.25) is 0 Å². The molecule has 0 saturated heterocycles. The number of benzene rings is 1. The molecule has 1 fully saturated rings. The molecule has 1 heterocycles. The highest BCUT2D eigenvalue weighted by molar-refractivity contribution is 7.89. The fraction of sp³-hybridized carbons (Fsp3) is 0.611. The first-order valence-electron chi connectivity index (χ1n) is 9.38. The number of nitrogens with two attached hydrogens (primary N) is 1. The maximum Gasteiger partial charge on any atom is 0.240 e. The molecule has 0 aromatic heterocycles. The van der Waals surface area contributed by atoms with Gasteiger partial charge < -0.3 is 20.5 Å². The third-order valence-electron chi connectivity index (χ3n) is 4.98. The summed E-state index contributed by atoms with van der Waals surface area (Å²) in [6.07, 6.45) is 3.84. The van der Waals surface area contributed by atoms with Crippen molar-refractivity contribution in [1.29, 1.82) is 0 Å². The van der Waals surface area contributed by atoms with Gasteiger partial charge in [-0.25, -0.2) is 13.1 Å². The van der Waals surface area contributed by atoms with Crippen molar-refractivity contribution in [3.8, 4) is 11.5 Å². The van der Waals surface area contributed by atoms with E-state index in [1.165, 1.54) is 12.1 Å². The van der Waals surface area contributed by atoms with Crippen molar-refractivity contribution >= 4 is 28.3 Å². The first kappa shape index (κ1) is 22.7. The predicted octanol–water partition coefficient (Wildman–Crippen LogP) is 1.18. The van der Waals surface area contributed by atoms with Gasteiger partial charge in [0.15, 0.2) is 11.5 Å². The van der Waals surface area contributed by atoms with Crippen molar-refractivity contribution < 1.29 is 22.7 Å². The maximum absolute atomic E-state index is 12.5. The third kappa shape index (κ3) is 5.73. The van der Waals surface area contributed by atoms with Gasteiger partial charge in [0.05, 0.1) is 18.1 Å². The van der Waals surface area contributed by atoms with Crippen LogP contribution in [0.1, 0.15) is 32.1 Å². The molecule has 158 valence electrons. The van der Waals surface area contributed by atoms with Crippen LogP contribution in [0.15, 0.2) is 23.1 Å². The Morgan fingerprint density at radius 2 is 1.89 bits per heavy atom. The lowest BCUT2D eigenvalue weighted by atomic mass is 10.0. The predicted molar refractivity (Wildman–Crippen MR) is 107 cm³/mol. The Bertz CT molecular complexity index is 774. The van der Waals surface area contributed by atoms with E-state index in [1.807, 2.05) is 0 Å². The molecule has 2 unspecified atom stereocenters. The summed E-state index contributed by atoms with van der Waals surface area (Å²) in [6.45, 7) is 1.61. The molecule has 0 spiro atoms. The molecule has 1 amide bonds. The molecule has 2 atom stereocenters. The Labute approximate surface area is 172 Å². The monoisotopic (exact) mass is 433 g/mol. The standard InChI is InChI=1S/C18H27N3O5S.ClH/c19-12-13-3-1-4-15(13)21-18(22)7-8-20-27(23,24)14-5-6-16-17(11-14)26-10-2-9-25-16;/h5-6,11,13,15,20H,1-4,7-10,12,19H2,(H,21,22);1H. The molecule has 4 N–H and O–H groups in total. The summed E-state index contributed by atoms with van der Waals surface area (Å²) in [6, 6.07) is 4.61. The van der Waals surface area contributed by atoms with Crippen molar-refractivity contribution in [3.63, 3.8) is 0 Å². The zero-order chi connectivity index (χ0) is 19.3. The second-order valence-corrected chi connectivity index (χ2v) is 8.67. The van der Waals surface area contributed by atoms with Crippen LogP contribution in [0.4, 0.5) is 0 Å². The fourth-order valence-corrected chi connectivity index (χ4v) is 4.53. The largest absolute Gasteiger partial charge is 0.490 e. The molecule has 1 aliphatic heterocycles.